The molecule has 4 heteroatoms. The van der Waals surface area contributed by atoms with Gasteiger partial charge in [0.1, 0.15) is 0 Å². The van der Waals surface area contributed by atoms with Crippen molar-refractivity contribution in [1.29, 1.82) is 0 Å². The summed E-state index contributed by atoms with van der Waals surface area (Å²) in [5.41, 5.74) is 2.96. The molecular formula is C14H20N2O2. The Bertz CT molecular complexity index is 445. The number of hydrogen-bond donors (Lipinski definition) is 0. The topological polar surface area (TPSA) is 32.8 Å². The second kappa shape index (κ2) is 5.29. The van der Waals surface area contributed by atoms with Crippen LogP contribution in [0.4, 0.5) is 11.4 Å². The molecule has 0 aliphatic carbocycles. The van der Waals surface area contributed by atoms with Gasteiger partial charge in [0.2, 0.25) is 0 Å². The van der Waals surface area contributed by atoms with Crippen molar-refractivity contribution in [1.82, 2.24) is 0 Å². The van der Waals surface area contributed by atoms with E-state index in [1.54, 1.807) is 0 Å². The Morgan fingerprint density at radius 1 is 1.17 bits per heavy atom. The lowest BCUT2D eigenvalue weighted by atomic mass is 10.1. The summed E-state index contributed by atoms with van der Waals surface area (Å²) in [7, 11) is 0. The molecule has 0 N–H and O–H groups in total. The number of ether oxygens (including phenoxy) is 1. The van der Waals surface area contributed by atoms with E-state index in [1.165, 1.54) is 5.69 Å². The Kier molecular flexibility index (Phi) is 3.75. The maximum atomic E-state index is 11.7. The van der Waals surface area contributed by atoms with Gasteiger partial charge in [-0.05, 0) is 39.0 Å². The summed E-state index contributed by atoms with van der Waals surface area (Å²) >= 11 is 0. The zero-order valence-electron chi connectivity index (χ0n) is 11.3. The summed E-state index contributed by atoms with van der Waals surface area (Å²) in [4.78, 5) is 16.3. The molecule has 1 heterocycles. The number of carbonyl (C=O) groups excluding carboxylic acids is 1. The van der Waals surface area contributed by atoms with E-state index in [2.05, 4.69) is 23.6 Å². The first kappa shape index (κ1) is 12.7. The molecule has 0 amide bonds. The molecular weight excluding hydrogens is 228 g/mol. The Labute approximate surface area is 108 Å². The van der Waals surface area contributed by atoms with E-state index in [4.69, 9.17) is 4.74 Å². The summed E-state index contributed by atoms with van der Waals surface area (Å²) in [6, 6.07) is 5.80. The van der Waals surface area contributed by atoms with Crippen LogP contribution in [0.1, 0.15) is 31.1 Å². The van der Waals surface area contributed by atoms with Crippen LogP contribution in [0.2, 0.25) is 0 Å². The van der Waals surface area contributed by atoms with Crippen LogP contribution in [0.15, 0.2) is 18.2 Å². The largest absolute Gasteiger partial charge is 0.462 e. The Hall–Kier alpha value is -1.71. The number of benzene rings is 1. The monoisotopic (exact) mass is 248 g/mol. The van der Waals surface area contributed by atoms with E-state index in [1.807, 2.05) is 25.1 Å². The van der Waals surface area contributed by atoms with Crippen LogP contribution in [0.25, 0.3) is 0 Å². The smallest absolute Gasteiger partial charge is 0.338 e. The minimum absolute atomic E-state index is 0.244. The van der Waals surface area contributed by atoms with Gasteiger partial charge in [-0.1, -0.05) is 0 Å². The number of carbonyl (C=O) groups is 1. The fourth-order valence-corrected chi connectivity index (χ4v) is 2.28. The van der Waals surface area contributed by atoms with Gasteiger partial charge in [0, 0.05) is 13.1 Å². The fourth-order valence-electron chi connectivity index (χ4n) is 2.28. The Balaban J connectivity index is 2.33. The minimum Gasteiger partial charge on any atom is -0.462 e. The normalized spacial score (nSPS) is 13.7. The SMILES string of the molecule is CCOC(=O)c1ccc2c(c1)N(CC)CN2CC. The van der Waals surface area contributed by atoms with Crippen molar-refractivity contribution in [3.63, 3.8) is 0 Å². The van der Waals surface area contributed by atoms with E-state index >= 15 is 0 Å². The van der Waals surface area contributed by atoms with Gasteiger partial charge < -0.3 is 14.5 Å². The van der Waals surface area contributed by atoms with Gasteiger partial charge in [-0.25, -0.2) is 4.79 Å². The van der Waals surface area contributed by atoms with Crippen LogP contribution in [-0.2, 0) is 4.74 Å². The average molecular weight is 248 g/mol. The first-order valence-corrected chi connectivity index (χ1v) is 6.52. The predicted molar refractivity (Wildman–Crippen MR) is 73.3 cm³/mol. The van der Waals surface area contributed by atoms with Crippen molar-refractivity contribution < 1.29 is 9.53 Å². The standard InChI is InChI=1S/C14H20N2O2/c1-4-15-10-16(5-2)13-9-11(7-8-12(13)15)14(17)18-6-3/h7-9H,4-6,10H2,1-3H3. The van der Waals surface area contributed by atoms with Crippen molar-refractivity contribution in [2.45, 2.75) is 20.8 Å². The fraction of sp³-hybridized carbons (Fsp3) is 0.500. The first-order valence-electron chi connectivity index (χ1n) is 6.52. The maximum Gasteiger partial charge on any atom is 0.338 e. The molecule has 1 aliphatic heterocycles. The molecule has 0 fully saturated rings. The molecule has 0 radical (unpaired) electrons. The molecule has 0 saturated heterocycles. The molecule has 1 aliphatic rings. The third-order valence-electron chi connectivity index (χ3n) is 3.27. The van der Waals surface area contributed by atoms with Crippen molar-refractivity contribution in [2.75, 3.05) is 36.2 Å². The highest BCUT2D eigenvalue weighted by Gasteiger charge is 2.24. The molecule has 2 rings (SSSR count). The quantitative estimate of drug-likeness (QED) is 0.766. The van der Waals surface area contributed by atoms with E-state index in [0.29, 0.717) is 12.2 Å². The van der Waals surface area contributed by atoms with E-state index < -0.39 is 0 Å². The number of esters is 1. The summed E-state index contributed by atoms with van der Waals surface area (Å²) in [5, 5.41) is 0. The van der Waals surface area contributed by atoms with Crippen LogP contribution < -0.4 is 9.80 Å². The van der Waals surface area contributed by atoms with Gasteiger partial charge in [0.25, 0.3) is 0 Å². The van der Waals surface area contributed by atoms with Gasteiger partial charge in [0.15, 0.2) is 0 Å². The van der Waals surface area contributed by atoms with Crippen LogP contribution in [-0.4, -0.2) is 32.3 Å². The van der Waals surface area contributed by atoms with E-state index in [-0.39, 0.29) is 5.97 Å². The first-order chi connectivity index (χ1) is 8.71. The molecule has 0 aromatic heterocycles. The molecule has 4 nitrogen and oxygen atoms in total. The van der Waals surface area contributed by atoms with Crippen LogP contribution in [0.3, 0.4) is 0 Å². The lowest BCUT2D eigenvalue weighted by molar-refractivity contribution is 0.0526. The Morgan fingerprint density at radius 3 is 2.44 bits per heavy atom. The molecule has 18 heavy (non-hydrogen) atoms. The second-order valence-corrected chi connectivity index (χ2v) is 4.28. The van der Waals surface area contributed by atoms with Gasteiger partial charge in [-0.2, -0.15) is 0 Å². The molecule has 1 aromatic rings. The lowest BCUT2D eigenvalue weighted by Gasteiger charge is -2.18. The van der Waals surface area contributed by atoms with Crippen molar-refractivity contribution in [3.05, 3.63) is 23.8 Å². The summed E-state index contributed by atoms with van der Waals surface area (Å²) < 4.78 is 5.04. The van der Waals surface area contributed by atoms with Gasteiger partial charge >= 0.3 is 5.97 Å². The lowest BCUT2D eigenvalue weighted by Crippen LogP contribution is -2.30. The molecule has 0 unspecified atom stereocenters. The van der Waals surface area contributed by atoms with Gasteiger partial charge in [-0.15, -0.1) is 0 Å². The average Bonchev–Trinajstić information content (AvgIpc) is 2.76. The number of nitrogens with zero attached hydrogens (tertiary/aromatic N) is 2. The maximum absolute atomic E-state index is 11.7. The molecule has 0 atom stereocenters. The molecule has 0 spiro atoms. The minimum atomic E-state index is -0.244. The molecule has 0 saturated carbocycles. The number of hydrogen-bond acceptors (Lipinski definition) is 4. The third kappa shape index (κ3) is 2.15. The number of fused-ring (bicyclic) bond motifs is 1. The van der Waals surface area contributed by atoms with Gasteiger partial charge in [-0.3, -0.25) is 0 Å². The Morgan fingerprint density at radius 2 is 1.83 bits per heavy atom. The van der Waals surface area contributed by atoms with E-state index in [9.17, 15) is 4.79 Å². The molecule has 1 aromatic carbocycles. The van der Waals surface area contributed by atoms with E-state index in [0.717, 1.165) is 25.4 Å². The third-order valence-corrected chi connectivity index (χ3v) is 3.27. The van der Waals surface area contributed by atoms with Crippen molar-refractivity contribution in [3.8, 4) is 0 Å². The molecule has 0 bridgehead atoms. The molecule has 98 valence electrons. The summed E-state index contributed by atoms with van der Waals surface area (Å²) in [6.07, 6.45) is 0. The number of anilines is 2. The van der Waals surface area contributed by atoms with Crippen LogP contribution in [0, 0.1) is 0 Å². The highest BCUT2D eigenvalue weighted by Crippen LogP contribution is 2.36. The summed E-state index contributed by atoms with van der Waals surface area (Å²) in [6.45, 7) is 9.31. The van der Waals surface area contributed by atoms with Crippen LogP contribution in [0.5, 0.6) is 0 Å². The highest BCUT2D eigenvalue weighted by atomic mass is 16.5. The predicted octanol–water partition coefficient (Wildman–Crippen LogP) is 2.49. The van der Waals surface area contributed by atoms with Crippen molar-refractivity contribution >= 4 is 17.3 Å². The zero-order valence-corrected chi connectivity index (χ0v) is 11.3. The zero-order chi connectivity index (χ0) is 13.1. The van der Waals surface area contributed by atoms with Crippen LogP contribution >= 0.6 is 0 Å². The van der Waals surface area contributed by atoms with Gasteiger partial charge in [0.05, 0.1) is 30.2 Å². The second-order valence-electron chi connectivity index (χ2n) is 4.28. The number of rotatable bonds is 4. The van der Waals surface area contributed by atoms with Crippen molar-refractivity contribution in [2.24, 2.45) is 0 Å². The highest BCUT2D eigenvalue weighted by molar-refractivity contribution is 5.93. The summed E-state index contributed by atoms with van der Waals surface area (Å²) in [5.74, 6) is -0.244.